The van der Waals surface area contributed by atoms with E-state index < -0.39 is 12.0 Å². The molecule has 0 fully saturated rings. The number of carbonyl (C=O) groups is 1. The van der Waals surface area contributed by atoms with Crippen molar-refractivity contribution >= 4 is 5.97 Å². The zero-order valence-electron chi connectivity index (χ0n) is 10.0. The van der Waals surface area contributed by atoms with Crippen molar-refractivity contribution in [3.8, 4) is 0 Å². The first kappa shape index (κ1) is 14.4. The molecule has 0 aliphatic heterocycles. The summed E-state index contributed by atoms with van der Waals surface area (Å²) in [6.07, 6.45) is 7.58. The normalized spacial score (nSPS) is 13.1. The minimum Gasteiger partial charge on any atom is -0.480 e. The molecular weight excluding hydrogens is 190 g/mol. The average molecular weight is 215 g/mol. The van der Waals surface area contributed by atoms with Crippen molar-refractivity contribution < 1.29 is 9.90 Å². The maximum atomic E-state index is 10.7. The van der Waals surface area contributed by atoms with Crippen molar-refractivity contribution in [3.63, 3.8) is 0 Å². The molecule has 15 heavy (non-hydrogen) atoms. The number of aliphatic carboxylic acids is 1. The Balaban J connectivity index is 3.92. The van der Waals surface area contributed by atoms with Gasteiger partial charge in [-0.25, -0.2) is 0 Å². The van der Waals surface area contributed by atoms with Crippen LogP contribution in [0.15, 0.2) is 0 Å². The SMILES string of the molecule is CCCCC(CCCC)CC(N)C(=O)O. The van der Waals surface area contributed by atoms with Gasteiger partial charge >= 0.3 is 5.97 Å². The summed E-state index contributed by atoms with van der Waals surface area (Å²) in [7, 11) is 0. The molecule has 0 aromatic heterocycles. The van der Waals surface area contributed by atoms with Gasteiger partial charge in [0.1, 0.15) is 6.04 Å². The maximum Gasteiger partial charge on any atom is 0.320 e. The average Bonchev–Trinajstić information content (AvgIpc) is 2.21. The van der Waals surface area contributed by atoms with Crippen LogP contribution in [0.2, 0.25) is 0 Å². The van der Waals surface area contributed by atoms with Gasteiger partial charge in [-0.3, -0.25) is 4.79 Å². The molecule has 0 aliphatic carbocycles. The van der Waals surface area contributed by atoms with Crippen LogP contribution in [0.25, 0.3) is 0 Å². The van der Waals surface area contributed by atoms with Crippen LogP contribution < -0.4 is 5.73 Å². The van der Waals surface area contributed by atoms with Crippen LogP contribution in [0.5, 0.6) is 0 Å². The lowest BCUT2D eigenvalue weighted by Gasteiger charge is -2.18. The fourth-order valence-corrected chi connectivity index (χ4v) is 1.83. The van der Waals surface area contributed by atoms with Gasteiger partial charge in [-0.1, -0.05) is 52.4 Å². The number of hydrogen-bond donors (Lipinski definition) is 2. The van der Waals surface area contributed by atoms with Gasteiger partial charge in [0.2, 0.25) is 0 Å². The van der Waals surface area contributed by atoms with E-state index in [2.05, 4.69) is 13.8 Å². The topological polar surface area (TPSA) is 63.3 Å². The Morgan fingerprint density at radius 1 is 1.20 bits per heavy atom. The molecule has 0 radical (unpaired) electrons. The Hall–Kier alpha value is -0.570. The second-order valence-electron chi connectivity index (χ2n) is 4.33. The Morgan fingerprint density at radius 2 is 1.67 bits per heavy atom. The molecule has 0 saturated carbocycles. The lowest BCUT2D eigenvalue weighted by molar-refractivity contribution is -0.139. The molecule has 0 spiro atoms. The second-order valence-corrected chi connectivity index (χ2v) is 4.33. The third-order valence-electron chi connectivity index (χ3n) is 2.84. The number of carboxylic acid groups (broad SMARTS) is 1. The summed E-state index contributed by atoms with van der Waals surface area (Å²) >= 11 is 0. The first-order valence-electron chi connectivity index (χ1n) is 6.10. The molecule has 3 heteroatoms. The van der Waals surface area contributed by atoms with Gasteiger partial charge in [0.25, 0.3) is 0 Å². The van der Waals surface area contributed by atoms with Crippen molar-refractivity contribution in [1.82, 2.24) is 0 Å². The van der Waals surface area contributed by atoms with Crippen LogP contribution in [0, 0.1) is 5.92 Å². The summed E-state index contributed by atoms with van der Waals surface area (Å²) in [4.78, 5) is 10.7. The molecule has 0 aromatic carbocycles. The Labute approximate surface area is 93.0 Å². The Morgan fingerprint density at radius 3 is 2.00 bits per heavy atom. The smallest absolute Gasteiger partial charge is 0.320 e. The Kier molecular flexibility index (Phi) is 8.38. The van der Waals surface area contributed by atoms with E-state index in [0.29, 0.717) is 12.3 Å². The van der Waals surface area contributed by atoms with E-state index in [1.54, 1.807) is 0 Å². The summed E-state index contributed by atoms with van der Waals surface area (Å²) in [6, 6.07) is -0.677. The van der Waals surface area contributed by atoms with Gasteiger partial charge in [0, 0.05) is 0 Å². The van der Waals surface area contributed by atoms with Crippen molar-refractivity contribution in [2.24, 2.45) is 11.7 Å². The van der Waals surface area contributed by atoms with Crippen LogP contribution in [0.4, 0.5) is 0 Å². The molecule has 0 heterocycles. The molecule has 0 amide bonds. The highest BCUT2D eigenvalue weighted by atomic mass is 16.4. The fourth-order valence-electron chi connectivity index (χ4n) is 1.83. The number of carboxylic acids is 1. The molecule has 0 rings (SSSR count). The van der Waals surface area contributed by atoms with E-state index in [4.69, 9.17) is 10.8 Å². The van der Waals surface area contributed by atoms with E-state index in [1.165, 1.54) is 25.7 Å². The lowest BCUT2D eigenvalue weighted by Crippen LogP contribution is -2.32. The molecule has 0 bridgehead atoms. The molecule has 0 saturated heterocycles. The second kappa shape index (κ2) is 8.72. The zero-order valence-corrected chi connectivity index (χ0v) is 10.0. The molecule has 3 nitrogen and oxygen atoms in total. The number of nitrogens with two attached hydrogens (primary N) is 1. The van der Waals surface area contributed by atoms with Crippen molar-refractivity contribution in [2.75, 3.05) is 0 Å². The number of hydrogen-bond acceptors (Lipinski definition) is 2. The Bertz CT molecular complexity index is 163. The van der Waals surface area contributed by atoms with Gasteiger partial charge < -0.3 is 10.8 Å². The number of rotatable bonds is 9. The van der Waals surface area contributed by atoms with Crippen LogP contribution in [-0.2, 0) is 4.79 Å². The number of unbranched alkanes of at least 4 members (excludes halogenated alkanes) is 2. The summed E-state index contributed by atoms with van der Waals surface area (Å²) in [5.41, 5.74) is 5.56. The minimum absolute atomic E-state index is 0.496. The minimum atomic E-state index is -0.868. The summed E-state index contributed by atoms with van der Waals surface area (Å²) in [5.74, 6) is -0.371. The first-order chi connectivity index (χ1) is 7.11. The highest BCUT2D eigenvalue weighted by molar-refractivity contribution is 5.72. The van der Waals surface area contributed by atoms with Gasteiger partial charge in [-0.05, 0) is 12.3 Å². The summed E-state index contributed by atoms with van der Waals surface area (Å²) in [6.45, 7) is 4.32. The van der Waals surface area contributed by atoms with Gasteiger partial charge in [-0.2, -0.15) is 0 Å². The predicted octanol–water partition coefficient (Wildman–Crippen LogP) is 2.79. The van der Waals surface area contributed by atoms with E-state index >= 15 is 0 Å². The maximum absolute atomic E-state index is 10.7. The van der Waals surface area contributed by atoms with Crippen LogP contribution >= 0.6 is 0 Å². The molecule has 1 atom stereocenters. The van der Waals surface area contributed by atoms with Crippen molar-refractivity contribution in [3.05, 3.63) is 0 Å². The lowest BCUT2D eigenvalue weighted by atomic mass is 9.90. The molecule has 0 aliphatic rings. The summed E-state index contributed by atoms with van der Waals surface area (Å²) < 4.78 is 0. The fraction of sp³-hybridized carbons (Fsp3) is 0.917. The monoisotopic (exact) mass is 215 g/mol. The molecule has 0 aromatic rings. The van der Waals surface area contributed by atoms with E-state index in [1.807, 2.05) is 0 Å². The van der Waals surface area contributed by atoms with Gasteiger partial charge in [-0.15, -0.1) is 0 Å². The van der Waals surface area contributed by atoms with Gasteiger partial charge in [0.05, 0.1) is 0 Å². The van der Waals surface area contributed by atoms with E-state index in [-0.39, 0.29) is 0 Å². The van der Waals surface area contributed by atoms with Crippen molar-refractivity contribution in [1.29, 1.82) is 0 Å². The highest BCUT2D eigenvalue weighted by Gasteiger charge is 2.17. The predicted molar refractivity (Wildman–Crippen MR) is 62.8 cm³/mol. The quantitative estimate of drug-likeness (QED) is 0.621. The van der Waals surface area contributed by atoms with E-state index in [9.17, 15) is 4.79 Å². The standard InChI is InChI=1S/C12H25NO2/c1-3-5-7-10(8-6-4-2)9-11(13)12(14)15/h10-11H,3-9,13H2,1-2H3,(H,14,15). The largest absolute Gasteiger partial charge is 0.480 e. The van der Waals surface area contributed by atoms with Crippen molar-refractivity contribution in [2.45, 2.75) is 64.8 Å². The third kappa shape index (κ3) is 7.37. The molecule has 1 unspecified atom stereocenters. The molecule has 3 N–H and O–H groups in total. The third-order valence-corrected chi connectivity index (χ3v) is 2.84. The van der Waals surface area contributed by atoms with Crippen LogP contribution in [0.3, 0.4) is 0 Å². The summed E-state index contributed by atoms with van der Waals surface area (Å²) in [5, 5.41) is 8.76. The molecular formula is C12H25NO2. The molecule has 90 valence electrons. The van der Waals surface area contributed by atoms with Crippen LogP contribution in [0.1, 0.15) is 58.8 Å². The first-order valence-corrected chi connectivity index (χ1v) is 6.10. The highest BCUT2D eigenvalue weighted by Crippen LogP contribution is 2.20. The zero-order chi connectivity index (χ0) is 11.7. The van der Waals surface area contributed by atoms with Crippen LogP contribution in [-0.4, -0.2) is 17.1 Å². The van der Waals surface area contributed by atoms with Gasteiger partial charge in [0.15, 0.2) is 0 Å². The van der Waals surface area contributed by atoms with E-state index in [0.717, 1.165) is 12.8 Å².